The first-order chi connectivity index (χ1) is 7.66. The van der Waals surface area contributed by atoms with Crippen molar-refractivity contribution in [2.75, 3.05) is 11.1 Å². The second kappa shape index (κ2) is 4.67. The molecule has 0 aromatic carbocycles. The molecular formula is C10H11ClN4S. The summed E-state index contributed by atoms with van der Waals surface area (Å²) in [5, 5.41) is 3.50. The average Bonchev–Trinajstić information content (AvgIpc) is 2.67. The minimum atomic E-state index is 0.293. The number of aromatic nitrogens is 2. The molecule has 0 saturated heterocycles. The number of hydrogen-bond donors (Lipinski definition) is 2. The van der Waals surface area contributed by atoms with Crippen LogP contribution in [0.25, 0.3) is 0 Å². The quantitative estimate of drug-likeness (QED) is 0.884. The SMILES string of the molecule is Cc1ccc(CNc2ncnc(N)c2Cl)s1. The smallest absolute Gasteiger partial charge is 0.150 e. The lowest BCUT2D eigenvalue weighted by Gasteiger charge is -2.06. The van der Waals surface area contributed by atoms with Crippen LogP contribution in [-0.2, 0) is 6.54 Å². The molecule has 0 spiro atoms. The van der Waals surface area contributed by atoms with Crippen LogP contribution in [0, 0.1) is 6.92 Å². The summed E-state index contributed by atoms with van der Waals surface area (Å²) in [5.74, 6) is 0.863. The summed E-state index contributed by atoms with van der Waals surface area (Å²) in [4.78, 5) is 10.3. The Morgan fingerprint density at radius 2 is 2.25 bits per heavy atom. The van der Waals surface area contributed by atoms with Gasteiger partial charge in [0.15, 0.2) is 5.82 Å². The molecule has 2 rings (SSSR count). The molecule has 2 aromatic rings. The van der Waals surface area contributed by atoms with Gasteiger partial charge in [-0.05, 0) is 19.1 Å². The lowest BCUT2D eigenvalue weighted by Crippen LogP contribution is -2.03. The van der Waals surface area contributed by atoms with Gasteiger partial charge in [-0.25, -0.2) is 9.97 Å². The molecule has 3 N–H and O–H groups in total. The molecule has 6 heteroatoms. The maximum absolute atomic E-state index is 5.96. The van der Waals surface area contributed by atoms with E-state index in [1.807, 2.05) is 0 Å². The number of nitrogens with two attached hydrogens (primary N) is 1. The molecule has 0 atom stereocenters. The lowest BCUT2D eigenvalue weighted by molar-refractivity contribution is 1.10. The third-order valence-electron chi connectivity index (χ3n) is 2.04. The van der Waals surface area contributed by atoms with Crippen molar-refractivity contribution in [3.05, 3.63) is 33.2 Å². The fourth-order valence-electron chi connectivity index (χ4n) is 1.26. The number of anilines is 2. The molecule has 0 unspecified atom stereocenters. The standard InChI is InChI=1S/C10H11ClN4S/c1-6-2-3-7(16-6)4-13-10-8(11)9(12)14-5-15-10/h2-3,5H,4H2,1H3,(H3,12,13,14,15). The highest BCUT2D eigenvalue weighted by Crippen LogP contribution is 2.24. The van der Waals surface area contributed by atoms with Crippen LogP contribution < -0.4 is 11.1 Å². The molecule has 0 saturated carbocycles. The van der Waals surface area contributed by atoms with Crippen molar-refractivity contribution >= 4 is 34.6 Å². The summed E-state index contributed by atoms with van der Waals surface area (Å²) in [6.45, 7) is 2.76. The second-order valence-corrected chi connectivity index (χ2v) is 5.04. The molecule has 84 valence electrons. The number of rotatable bonds is 3. The first-order valence-electron chi connectivity index (χ1n) is 4.72. The normalized spacial score (nSPS) is 10.4. The van der Waals surface area contributed by atoms with Crippen molar-refractivity contribution in [3.63, 3.8) is 0 Å². The summed E-state index contributed by atoms with van der Waals surface area (Å²) in [7, 11) is 0. The minimum Gasteiger partial charge on any atom is -0.382 e. The highest BCUT2D eigenvalue weighted by atomic mass is 35.5. The molecule has 0 fully saturated rings. The van der Waals surface area contributed by atoms with Crippen LogP contribution in [-0.4, -0.2) is 9.97 Å². The molecule has 4 nitrogen and oxygen atoms in total. The van der Waals surface area contributed by atoms with Crippen LogP contribution in [0.3, 0.4) is 0 Å². The number of thiophene rings is 1. The third kappa shape index (κ3) is 2.43. The van der Waals surface area contributed by atoms with Gasteiger partial charge in [-0.2, -0.15) is 0 Å². The van der Waals surface area contributed by atoms with Gasteiger partial charge in [-0.3, -0.25) is 0 Å². The maximum atomic E-state index is 5.96. The molecule has 0 bridgehead atoms. The van der Waals surface area contributed by atoms with Gasteiger partial charge in [0, 0.05) is 9.75 Å². The molecule has 2 aromatic heterocycles. The first-order valence-corrected chi connectivity index (χ1v) is 5.91. The van der Waals surface area contributed by atoms with E-state index in [-0.39, 0.29) is 0 Å². The van der Waals surface area contributed by atoms with Gasteiger partial charge in [0.05, 0.1) is 6.54 Å². The molecule has 2 heterocycles. The monoisotopic (exact) mass is 254 g/mol. The van der Waals surface area contributed by atoms with Gasteiger partial charge in [0.1, 0.15) is 17.2 Å². The topological polar surface area (TPSA) is 63.8 Å². The Bertz CT molecular complexity index is 497. The zero-order valence-electron chi connectivity index (χ0n) is 8.70. The second-order valence-electron chi connectivity index (χ2n) is 3.29. The Hall–Kier alpha value is -1.33. The molecular weight excluding hydrogens is 244 g/mol. The Labute approximate surface area is 102 Å². The number of nitrogens with one attached hydrogen (secondary N) is 1. The molecule has 0 aliphatic carbocycles. The fraction of sp³-hybridized carbons (Fsp3) is 0.200. The van der Waals surface area contributed by atoms with E-state index >= 15 is 0 Å². The van der Waals surface area contributed by atoms with Crippen molar-refractivity contribution in [3.8, 4) is 0 Å². The lowest BCUT2D eigenvalue weighted by atomic mass is 10.4. The van der Waals surface area contributed by atoms with Gasteiger partial charge in [0.2, 0.25) is 0 Å². The van der Waals surface area contributed by atoms with Crippen molar-refractivity contribution in [2.45, 2.75) is 13.5 Å². The van der Waals surface area contributed by atoms with E-state index in [0.717, 1.165) is 0 Å². The van der Waals surface area contributed by atoms with Gasteiger partial charge >= 0.3 is 0 Å². The van der Waals surface area contributed by atoms with E-state index < -0.39 is 0 Å². The van der Waals surface area contributed by atoms with E-state index in [9.17, 15) is 0 Å². The van der Waals surface area contributed by atoms with Crippen LogP contribution in [0.5, 0.6) is 0 Å². The van der Waals surface area contributed by atoms with E-state index in [2.05, 4.69) is 34.3 Å². The van der Waals surface area contributed by atoms with Gasteiger partial charge in [0.25, 0.3) is 0 Å². The highest BCUT2D eigenvalue weighted by molar-refractivity contribution is 7.11. The van der Waals surface area contributed by atoms with Gasteiger partial charge < -0.3 is 11.1 Å². The first kappa shape index (κ1) is 11.2. The number of nitrogen functional groups attached to an aromatic ring is 1. The predicted molar refractivity (Wildman–Crippen MR) is 67.8 cm³/mol. The van der Waals surface area contributed by atoms with Crippen LogP contribution in [0.1, 0.15) is 9.75 Å². The molecule has 0 amide bonds. The van der Waals surface area contributed by atoms with Crippen molar-refractivity contribution in [1.29, 1.82) is 0 Å². The van der Waals surface area contributed by atoms with E-state index in [1.54, 1.807) is 11.3 Å². The number of nitrogens with zero attached hydrogens (tertiary/aromatic N) is 2. The maximum Gasteiger partial charge on any atom is 0.150 e. The predicted octanol–water partition coefficient (Wildman–Crippen LogP) is 2.69. The Morgan fingerprint density at radius 3 is 2.94 bits per heavy atom. The number of halogens is 1. The van der Waals surface area contributed by atoms with Gasteiger partial charge in [-0.15, -0.1) is 11.3 Å². The summed E-state index contributed by atoms with van der Waals surface area (Å²) in [5.41, 5.74) is 5.57. The summed E-state index contributed by atoms with van der Waals surface area (Å²) < 4.78 is 0. The van der Waals surface area contributed by atoms with Crippen LogP contribution in [0.4, 0.5) is 11.6 Å². The van der Waals surface area contributed by atoms with Crippen LogP contribution >= 0.6 is 22.9 Å². The molecule has 0 aliphatic heterocycles. The summed E-state index contributed by atoms with van der Waals surface area (Å²) in [6, 6.07) is 4.16. The van der Waals surface area contributed by atoms with Crippen molar-refractivity contribution in [2.24, 2.45) is 0 Å². The zero-order chi connectivity index (χ0) is 11.5. The van der Waals surface area contributed by atoms with Crippen molar-refractivity contribution in [1.82, 2.24) is 9.97 Å². The Morgan fingerprint density at radius 1 is 1.44 bits per heavy atom. The Kier molecular flexibility index (Phi) is 3.26. The third-order valence-corrected chi connectivity index (χ3v) is 3.42. The fourth-order valence-corrected chi connectivity index (χ4v) is 2.25. The molecule has 0 aliphatic rings. The van der Waals surface area contributed by atoms with E-state index in [4.69, 9.17) is 17.3 Å². The van der Waals surface area contributed by atoms with E-state index in [0.29, 0.717) is 23.2 Å². The largest absolute Gasteiger partial charge is 0.382 e. The number of aryl methyl sites for hydroxylation is 1. The molecule has 0 radical (unpaired) electrons. The highest BCUT2D eigenvalue weighted by Gasteiger charge is 2.06. The van der Waals surface area contributed by atoms with Crippen LogP contribution in [0.15, 0.2) is 18.5 Å². The number of hydrogen-bond acceptors (Lipinski definition) is 5. The zero-order valence-corrected chi connectivity index (χ0v) is 10.3. The minimum absolute atomic E-state index is 0.293. The average molecular weight is 255 g/mol. The Balaban J connectivity index is 2.07. The van der Waals surface area contributed by atoms with E-state index in [1.165, 1.54) is 16.1 Å². The summed E-state index contributed by atoms with van der Waals surface area (Å²) in [6.07, 6.45) is 1.39. The molecule has 16 heavy (non-hydrogen) atoms. The summed E-state index contributed by atoms with van der Waals surface area (Å²) >= 11 is 7.69. The van der Waals surface area contributed by atoms with Crippen molar-refractivity contribution < 1.29 is 0 Å². The van der Waals surface area contributed by atoms with Gasteiger partial charge in [-0.1, -0.05) is 11.6 Å². The van der Waals surface area contributed by atoms with Crippen LogP contribution in [0.2, 0.25) is 5.02 Å².